The standard InChI is InChI=1S/C27H32N2O4S/c1-21(19-27(2,3)22-12-7-5-8-13-22)28-26(30)20-29(23-14-11-15-24(18-23)33-4)34(31,32)25-16-9-6-10-17-25/h5-18,21H,19-20H2,1-4H3,(H,28,30). The lowest BCUT2D eigenvalue weighted by molar-refractivity contribution is -0.120. The average molecular weight is 481 g/mol. The highest BCUT2D eigenvalue weighted by molar-refractivity contribution is 7.92. The summed E-state index contributed by atoms with van der Waals surface area (Å²) in [5, 5.41) is 2.98. The maximum atomic E-state index is 13.5. The van der Waals surface area contributed by atoms with Crippen LogP contribution in [0.1, 0.15) is 32.8 Å². The number of hydrogen-bond donors (Lipinski definition) is 1. The molecule has 0 bridgehead atoms. The van der Waals surface area contributed by atoms with Crippen molar-refractivity contribution < 1.29 is 17.9 Å². The van der Waals surface area contributed by atoms with Crippen LogP contribution in [0.3, 0.4) is 0 Å². The molecule has 3 aromatic rings. The molecule has 3 aromatic carbocycles. The Morgan fingerprint density at radius 2 is 1.59 bits per heavy atom. The number of sulfonamides is 1. The van der Waals surface area contributed by atoms with E-state index in [4.69, 9.17) is 4.74 Å². The molecule has 0 fully saturated rings. The fourth-order valence-corrected chi connectivity index (χ4v) is 5.51. The highest BCUT2D eigenvalue weighted by Crippen LogP contribution is 2.29. The summed E-state index contributed by atoms with van der Waals surface area (Å²) in [5.74, 6) is 0.128. The summed E-state index contributed by atoms with van der Waals surface area (Å²) >= 11 is 0. The van der Waals surface area contributed by atoms with Crippen molar-refractivity contribution in [2.45, 2.75) is 43.5 Å². The maximum absolute atomic E-state index is 13.5. The van der Waals surface area contributed by atoms with Gasteiger partial charge in [-0.25, -0.2) is 8.42 Å². The molecule has 0 aliphatic rings. The first kappa shape index (κ1) is 25.3. The van der Waals surface area contributed by atoms with Crippen LogP contribution in [0.15, 0.2) is 89.8 Å². The third kappa shape index (κ3) is 6.17. The number of ether oxygens (including phenoxy) is 1. The van der Waals surface area contributed by atoms with Crippen LogP contribution in [0.2, 0.25) is 0 Å². The van der Waals surface area contributed by atoms with E-state index in [1.807, 2.05) is 25.1 Å². The summed E-state index contributed by atoms with van der Waals surface area (Å²) < 4.78 is 33.3. The Bertz CT molecular complexity index is 1200. The van der Waals surface area contributed by atoms with Crippen LogP contribution in [-0.4, -0.2) is 34.0 Å². The molecule has 0 saturated heterocycles. The number of methoxy groups -OCH3 is 1. The van der Waals surface area contributed by atoms with Gasteiger partial charge in [0.25, 0.3) is 10.0 Å². The molecule has 7 heteroatoms. The zero-order valence-electron chi connectivity index (χ0n) is 20.1. The number of amides is 1. The highest BCUT2D eigenvalue weighted by atomic mass is 32.2. The Morgan fingerprint density at radius 3 is 2.21 bits per heavy atom. The molecule has 0 aliphatic heterocycles. The van der Waals surface area contributed by atoms with Gasteiger partial charge in [0.1, 0.15) is 12.3 Å². The highest BCUT2D eigenvalue weighted by Gasteiger charge is 2.29. The lowest BCUT2D eigenvalue weighted by Gasteiger charge is -2.30. The van der Waals surface area contributed by atoms with Crippen LogP contribution in [-0.2, 0) is 20.2 Å². The van der Waals surface area contributed by atoms with Crippen molar-refractivity contribution in [1.29, 1.82) is 0 Å². The van der Waals surface area contributed by atoms with Crippen LogP contribution in [0, 0.1) is 0 Å². The van der Waals surface area contributed by atoms with Crippen LogP contribution in [0.25, 0.3) is 0 Å². The zero-order chi connectivity index (χ0) is 24.8. The summed E-state index contributed by atoms with van der Waals surface area (Å²) in [6.07, 6.45) is 0.702. The van der Waals surface area contributed by atoms with E-state index >= 15 is 0 Å². The summed E-state index contributed by atoms with van der Waals surface area (Å²) in [6.45, 7) is 5.85. The van der Waals surface area contributed by atoms with Crippen molar-refractivity contribution >= 4 is 21.6 Å². The van der Waals surface area contributed by atoms with Gasteiger partial charge in [-0.2, -0.15) is 0 Å². The molecule has 1 N–H and O–H groups in total. The van der Waals surface area contributed by atoms with Crippen molar-refractivity contribution in [2.75, 3.05) is 18.0 Å². The third-order valence-corrected chi connectivity index (χ3v) is 7.53. The monoisotopic (exact) mass is 480 g/mol. The van der Waals surface area contributed by atoms with Gasteiger partial charge in [-0.3, -0.25) is 9.10 Å². The van der Waals surface area contributed by atoms with Gasteiger partial charge in [-0.1, -0.05) is 68.4 Å². The lowest BCUT2D eigenvalue weighted by atomic mass is 9.79. The molecule has 0 heterocycles. The molecule has 1 atom stereocenters. The molecule has 0 radical (unpaired) electrons. The normalized spacial score (nSPS) is 12.6. The number of benzene rings is 3. The second-order valence-electron chi connectivity index (χ2n) is 8.95. The SMILES string of the molecule is COc1cccc(N(CC(=O)NC(C)CC(C)(C)c2ccccc2)S(=O)(=O)c2ccccc2)c1. The predicted molar refractivity (Wildman–Crippen MR) is 136 cm³/mol. The molecule has 0 aromatic heterocycles. The Kier molecular flexibility index (Phi) is 7.99. The minimum absolute atomic E-state index is 0.115. The first-order valence-electron chi connectivity index (χ1n) is 11.2. The van der Waals surface area contributed by atoms with Crippen molar-refractivity contribution in [3.05, 3.63) is 90.5 Å². The molecule has 0 aliphatic carbocycles. The van der Waals surface area contributed by atoms with Crippen molar-refractivity contribution in [3.63, 3.8) is 0 Å². The average Bonchev–Trinajstić information content (AvgIpc) is 2.83. The first-order valence-corrected chi connectivity index (χ1v) is 12.6. The number of nitrogens with zero attached hydrogens (tertiary/aromatic N) is 1. The van der Waals surface area contributed by atoms with Crippen molar-refractivity contribution in [2.24, 2.45) is 0 Å². The van der Waals surface area contributed by atoms with E-state index in [2.05, 4.69) is 31.3 Å². The molecule has 180 valence electrons. The van der Waals surface area contributed by atoms with Gasteiger partial charge in [-0.05, 0) is 48.6 Å². The number of hydrogen-bond acceptors (Lipinski definition) is 4. The third-order valence-electron chi connectivity index (χ3n) is 5.74. The van der Waals surface area contributed by atoms with Crippen molar-refractivity contribution in [3.8, 4) is 5.75 Å². The Morgan fingerprint density at radius 1 is 0.971 bits per heavy atom. The largest absolute Gasteiger partial charge is 0.497 e. The number of carbonyl (C=O) groups excluding carboxylic acids is 1. The minimum atomic E-state index is -3.97. The van der Waals surface area contributed by atoms with Crippen LogP contribution in [0.5, 0.6) is 5.75 Å². The van der Waals surface area contributed by atoms with E-state index in [0.29, 0.717) is 17.9 Å². The smallest absolute Gasteiger partial charge is 0.264 e. The van der Waals surface area contributed by atoms with E-state index in [0.717, 1.165) is 4.31 Å². The number of carbonyl (C=O) groups is 1. The molecule has 1 unspecified atom stereocenters. The Hall–Kier alpha value is -3.32. The fourth-order valence-electron chi connectivity index (χ4n) is 4.07. The topological polar surface area (TPSA) is 75.7 Å². The number of rotatable bonds is 10. The van der Waals surface area contributed by atoms with Crippen LogP contribution in [0.4, 0.5) is 5.69 Å². The van der Waals surface area contributed by atoms with E-state index in [1.54, 1.807) is 42.5 Å². The van der Waals surface area contributed by atoms with Gasteiger partial charge in [0.2, 0.25) is 5.91 Å². The second-order valence-corrected chi connectivity index (χ2v) is 10.8. The Labute approximate surface area is 202 Å². The van der Waals surface area contributed by atoms with E-state index in [1.165, 1.54) is 24.8 Å². The summed E-state index contributed by atoms with van der Waals surface area (Å²) in [5.41, 5.74) is 1.38. The van der Waals surface area contributed by atoms with Gasteiger partial charge in [0.15, 0.2) is 0 Å². The van der Waals surface area contributed by atoms with Gasteiger partial charge in [-0.15, -0.1) is 0 Å². The Balaban J connectivity index is 1.81. The molecule has 0 saturated carbocycles. The van der Waals surface area contributed by atoms with Crippen LogP contribution < -0.4 is 14.4 Å². The van der Waals surface area contributed by atoms with Crippen LogP contribution >= 0.6 is 0 Å². The maximum Gasteiger partial charge on any atom is 0.264 e. The van der Waals surface area contributed by atoms with E-state index in [9.17, 15) is 13.2 Å². The van der Waals surface area contributed by atoms with Gasteiger partial charge < -0.3 is 10.1 Å². The summed E-state index contributed by atoms with van der Waals surface area (Å²) in [6, 6.07) is 24.8. The molecule has 1 amide bonds. The van der Waals surface area contributed by atoms with Gasteiger partial charge in [0.05, 0.1) is 17.7 Å². The van der Waals surface area contributed by atoms with E-state index < -0.39 is 10.0 Å². The molecular weight excluding hydrogens is 448 g/mol. The first-order chi connectivity index (χ1) is 16.1. The van der Waals surface area contributed by atoms with E-state index in [-0.39, 0.29) is 28.8 Å². The fraction of sp³-hybridized carbons (Fsp3) is 0.296. The molecular formula is C27H32N2O4S. The molecule has 34 heavy (non-hydrogen) atoms. The van der Waals surface area contributed by atoms with Gasteiger partial charge in [0, 0.05) is 12.1 Å². The zero-order valence-corrected chi connectivity index (χ0v) is 20.9. The predicted octanol–water partition coefficient (Wildman–Crippen LogP) is 4.76. The van der Waals surface area contributed by atoms with Crippen molar-refractivity contribution in [1.82, 2.24) is 5.32 Å². The second kappa shape index (κ2) is 10.7. The minimum Gasteiger partial charge on any atom is -0.497 e. The molecule has 3 rings (SSSR count). The summed E-state index contributed by atoms with van der Waals surface area (Å²) in [4.78, 5) is 13.2. The molecule has 6 nitrogen and oxygen atoms in total. The number of nitrogens with one attached hydrogen (secondary N) is 1. The van der Waals surface area contributed by atoms with Gasteiger partial charge >= 0.3 is 0 Å². The summed E-state index contributed by atoms with van der Waals surface area (Å²) in [7, 11) is -2.46. The molecule has 0 spiro atoms. The lowest BCUT2D eigenvalue weighted by Crippen LogP contribution is -2.45. The number of anilines is 1. The quantitative estimate of drug-likeness (QED) is 0.454.